The van der Waals surface area contributed by atoms with E-state index in [0.717, 1.165) is 37.7 Å². The first-order valence-corrected chi connectivity index (χ1v) is 13.2. The number of piperidine rings is 1. The standard InChI is InChI=1S/C22H32ClNO6S/c1-22(2,3)30-21(25)24-11-10-16-14-19(24)18-9-8-17(31(23,26)27)15-20(18)29-13-7-5-4-6-12-28-16/h8-9,15-16,19H,4-7,10-14H2,1-3H3/t16-,19-/m0/s1. The molecule has 1 fully saturated rings. The normalized spacial score (nSPS) is 23.4. The van der Waals surface area contributed by atoms with Crippen molar-refractivity contribution >= 4 is 25.8 Å². The van der Waals surface area contributed by atoms with E-state index in [1.54, 1.807) is 11.0 Å². The van der Waals surface area contributed by atoms with Crippen molar-refractivity contribution in [1.82, 2.24) is 4.90 Å². The molecule has 174 valence electrons. The summed E-state index contributed by atoms with van der Waals surface area (Å²) in [6, 6.07) is 4.25. The zero-order chi connectivity index (χ0) is 22.6. The van der Waals surface area contributed by atoms with E-state index in [1.165, 1.54) is 12.1 Å². The summed E-state index contributed by atoms with van der Waals surface area (Å²) >= 11 is 0. The molecular weight excluding hydrogens is 442 g/mol. The van der Waals surface area contributed by atoms with Crippen LogP contribution in [-0.2, 0) is 18.5 Å². The number of amides is 1. The summed E-state index contributed by atoms with van der Waals surface area (Å²) in [7, 11) is 1.67. The quantitative estimate of drug-likeness (QED) is 0.532. The fourth-order valence-corrected chi connectivity index (χ4v) is 4.74. The number of halogens is 1. The minimum atomic E-state index is -3.91. The smallest absolute Gasteiger partial charge is 0.410 e. The first-order chi connectivity index (χ1) is 14.5. The maximum Gasteiger partial charge on any atom is 0.410 e. The fourth-order valence-electron chi connectivity index (χ4n) is 3.97. The van der Waals surface area contributed by atoms with Crippen LogP contribution in [0.25, 0.3) is 0 Å². The second-order valence-corrected chi connectivity index (χ2v) is 11.7. The fraction of sp³-hybridized carbons (Fsp3) is 0.682. The number of rotatable bonds is 1. The molecule has 2 bridgehead atoms. The Morgan fingerprint density at radius 2 is 1.87 bits per heavy atom. The summed E-state index contributed by atoms with van der Waals surface area (Å²) in [6.07, 6.45) is 4.80. The van der Waals surface area contributed by atoms with Crippen molar-refractivity contribution < 1.29 is 27.4 Å². The molecule has 1 aromatic rings. The van der Waals surface area contributed by atoms with Crippen molar-refractivity contribution in [2.75, 3.05) is 19.8 Å². The topological polar surface area (TPSA) is 82.1 Å². The molecule has 9 heteroatoms. The largest absolute Gasteiger partial charge is 0.493 e. The van der Waals surface area contributed by atoms with Crippen LogP contribution in [0.5, 0.6) is 5.75 Å². The molecule has 2 heterocycles. The lowest BCUT2D eigenvalue weighted by Gasteiger charge is -2.40. The van der Waals surface area contributed by atoms with Crippen molar-refractivity contribution in [3.8, 4) is 5.75 Å². The SMILES string of the molecule is CC(C)(C)OC(=O)N1CC[C@H]2C[C@H]1c1ccc(S(=O)(=O)Cl)cc1OCCCCCCO2. The van der Waals surface area contributed by atoms with Gasteiger partial charge in [0.05, 0.1) is 23.6 Å². The summed E-state index contributed by atoms with van der Waals surface area (Å²) in [5.74, 6) is 0.431. The van der Waals surface area contributed by atoms with Crippen molar-refractivity contribution in [3.63, 3.8) is 0 Å². The van der Waals surface area contributed by atoms with Gasteiger partial charge in [0.15, 0.2) is 0 Å². The second kappa shape index (κ2) is 9.96. The van der Waals surface area contributed by atoms with Crippen LogP contribution in [0.1, 0.15) is 70.9 Å². The lowest BCUT2D eigenvalue weighted by atomic mass is 9.93. The molecule has 1 saturated heterocycles. The minimum absolute atomic E-state index is 0.00808. The van der Waals surface area contributed by atoms with Gasteiger partial charge < -0.3 is 19.1 Å². The number of carbonyl (C=O) groups is 1. The molecule has 0 aromatic heterocycles. The Morgan fingerprint density at radius 1 is 1.16 bits per heavy atom. The molecule has 2 aliphatic rings. The van der Waals surface area contributed by atoms with E-state index in [2.05, 4.69) is 0 Å². The summed E-state index contributed by atoms with van der Waals surface area (Å²) < 4.78 is 41.5. The Kier molecular flexibility index (Phi) is 7.76. The monoisotopic (exact) mass is 473 g/mol. The molecule has 0 saturated carbocycles. The molecule has 0 N–H and O–H groups in total. The molecule has 31 heavy (non-hydrogen) atoms. The van der Waals surface area contributed by atoms with Crippen molar-refractivity contribution in [2.45, 2.75) is 81.9 Å². The van der Waals surface area contributed by atoms with Crippen LogP contribution in [0.3, 0.4) is 0 Å². The number of fused-ring (bicyclic) bond motifs is 4. The third-order valence-electron chi connectivity index (χ3n) is 5.46. The molecule has 0 aliphatic carbocycles. The van der Waals surface area contributed by atoms with Crippen LogP contribution in [0.2, 0.25) is 0 Å². The van der Waals surface area contributed by atoms with E-state index in [1.807, 2.05) is 20.8 Å². The molecule has 0 radical (unpaired) electrons. The van der Waals surface area contributed by atoms with Crippen molar-refractivity contribution in [3.05, 3.63) is 23.8 Å². The number of ether oxygens (including phenoxy) is 3. The van der Waals surface area contributed by atoms with Gasteiger partial charge in [0.25, 0.3) is 9.05 Å². The van der Waals surface area contributed by atoms with Crippen LogP contribution >= 0.6 is 10.7 Å². The van der Waals surface area contributed by atoms with Crippen LogP contribution in [0.4, 0.5) is 4.79 Å². The zero-order valence-corrected chi connectivity index (χ0v) is 20.0. The predicted octanol–water partition coefficient (Wildman–Crippen LogP) is 5.02. The Balaban J connectivity index is 2.00. The van der Waals surface area contributed by atoms with Gasteiger partial charge in [-0.15, -0.1) is 0 Å². The summed E-state index contributed by atoms with van der Waals surface area (Å²) in [5, 5.41) is 0. The van der Waals surface area contributed by atoms with Crippen molar-refractivity contribution in [2.24, 2.45) is 0 Å². The highest BCUT2D eigenvalue weighted by atomic mass is 35.7. The molecule has 3 rings (SSSR count). The predicted molar refractivity (Wildman–Crippen MR) is 118 cm³/mol. The molecule has 0 unspecified atom stereocenters. The lowest BCUT2D eigenvalue weighted by molar-refractivity contribution is -0.0324. The van der Waals surface area contributed by atoms with E-state index in [9.17, 15) is 13.2 Å². The maximum atomic E-state index is 13.0. The molecule has 1 amide bonds. The average Bonchev–Trinajstić information content (AvgIpc) is 2.68. The third-order valence-corrected chi connectivity index (χ3v) is 6.81. The van der Waals surface area contributed by atoms with E-state index in [0.29, 0.717) is 31.9 Å². The Morgan fingerprint density at radius 3 is 2.55 bits per heavy atom. The summed E-state index contributed by atoms with van der Waals surface area (Å²) in [6.45, 7) is 7.14. The van der Waals surface area contributed by atoms with Crippen LogP contribution in [0.15, 0.2) is 23.1 Å². The van der Waals surface area contributed by atoms with Crippen molar-refractivity contribution in [1.29, 1.82) is 0 Å². The lowest BCUT2D eigenvalue weighted by Crippen LogP contribution is -2.45. The van der Waals surface area contributed by atoms with E-state index in [-0.39, 0.29) is 17.0 Å². The van der Waals surface area contributed by atoms with E-state index < -0.39 is 20.7 Å². The molecule has 1 aromatic carbocycles. The molecule has 7 nitrogen and oxygen atoms in total. The van der Waals surface area contributed by atoms with Gasteiger partial charge in [-0.1, -0.05) is 12.5 Å². The van der Waals surface area contributed by atoms with Gasteiger partial charge in [-0.3, -0.25) is 0 Å². The zero-order valence-electron chi connectivity index (χ0n) is 18.4. The number of hydrogen-bond donors (Lipinski definition) is 0. The van der Waals surface area contributed by atoms with Gasteiger partial charge >= 0.3 is 6.09 Å². The maximum absolute atomic E-state index is 13.0. The van der Waals surface area contributed by atoms with Crippen LogP contribution in [-0.4, -0.2) is 50.9 Å². The van der Waals surface area contributed by atoms with Gasteiger partial charge in [-0.2, -0.15) is 0 Å². The summed E-state index contributed by atoms with van der Waals surface area (Å²) in [4.78, 5) is 14.7. The highest BCUT2D eigenvalue weighted by Gasteiger charge is 2.37. The molecule has 0 spiro atoms. The van der Waals surface area contributed by atoms with Crippen LogP contribution < -0.4 is 4.74 Å². The average molecular weight is 474 g/mol. The molecular formula is C22H32ClNO6S. The Bertz CT molecular complexity index is 882. The number of likely N-dealkylation sites (tertiary alicyclic amines) is 1. The first kappa shape index (κ1) is 24.1. The van der Waals surface area contributed by atoms with E-state index >= 15 is 0 Å². The van der Waals surface area contributed by atoms with E-state index in [4.69, 9.17) is 24.9 Å². The van der Waals surface area contributed by atoms with Gasteiger partial charge in [0.1, 0.15) is 11.4 Å². The number of nitrogens with zero attached hydrogens (tertiary/aromatic N) is 1. The third kappa shape index (κ3) is 6.73. The first-order valence-electron chi connectivity index (χ1n) is 10.9. The number of carbonyl (C=O) groups excluding carboxylic acids is 1. The Labute approximate surface area is 189 Å². The molecule has 2 aliphatic heterocycles. The van der Waals surface area contributed by atoms with Gasteiger partial charge in [0, 0.05) is 35.5 Å². The Hall–Kier alpha value is -1.51. The minimum Gasteiger partial charge on any atom is -0.493 e. The molecule has 2 atom stereocenters. The second-order valence-electron chi connectivity index (χ2n) is 9.11. The highest BCUT2D eigenvalue weighted by molar-refractivity contribution is 8.13. The number of benzene rings is 1. The summed E-state index contributed by atoms with van der Waals surface area (Å²) in [5.41, 5.74) is 0.117. The van der Waals surface area contributed by atoms with Gasteiger partial charge in [-0.05, 0) is 58.9 Å². The highest BCUT2D eigenvalue weighted by Crippen LogP contribution is 2.39. The van der Waals surface area contributed by atoms with Gasteiger partial charge in [0.2, 0.25) is 0 Å². The number of hydrogen-bond acceptors (Lipinski definition) is 6. The van der Waals surface area contributed by atoms with Gasteiger partial charge in [-0.25, -0.2) is 13.2 Å². The van der Waals surface area contributed by atoms with Crippen LogP contribution in [0, 0.1) is 0 Å².